The van der Waals surface area contributed by atoms with Crippen LogP contribution in [0.3, 0.4) is 0 Å². The van der Waals surface area contributed by atoms with Crippen LogP contribution >= 0.6 is 0 Å². The van der Waals surface area contributed by atoms with Crippen molar-refractivity contribution in [3.63, 3.8) is 0 Å². The molecule has 0 aromatic heterocycles. The van der Waals surface area contributed by atoms with Crippen LogP contribution in [0.2, 0.25) is 0 Å². The lowest BCUT2D eigenvalue weighted by molar-refractivity contribution is 0.0659. The minimum absolute atomic E-state index is 0.153. The highest BCUT2D eigenvalue weighted by Gasteiger charge is 2.29. The van der Waals surface area contributed by atoms with Crippen molar-refractivity contribution < 1.29 is 19.0 Å². The molecule has 0 spiro atoms. The predicted molar refractivity (Wildman–Crippen MR) is 52.6 cm³/mol. The van der Waals surface area contributed by atoms with E-state index >= 15 is 0 Å². The Balaban J connectivity index is 2.60. The Morgan fingerprint density at radius 2 is 1.93 bits per heavy atom. The molecule has 0 unspecified atom stereocenters. The van der Waals surface area contributed by atoms with E-state index in [4.69, 9.17) is 9.47 Å². The third kappa shape index (κ3) is 1.77. The molecule has 0 atom stereocenters. The molecule has 0 radical (unpaired) electrons. The second-order valence-corrected chi connectivity index (χ2v) is 4.01. The van der Waals surface area contributed by atoms with Crippen LogP contribution in [0, 0.1) is 5.82 Å². The van der Waals surface area contributed by atoms with Gasteiger partial charge in [0.15, 0.2) is 11.5 Å². The Hall–Kier alpha value is -1.29. The Kier molecular flexibility index (Phi) is 2.31. The van der Waals surface area contributed by atoms with Gasteiger partial charge in [-0.2, -0.15) is 0 Å². The van der Waals surface area contributed by atoms with Gasteiger partial charge in [0.25, 0.3) is 0 Å². The Labute approximate surface area is 87.4 Å². The van der Waals surface area contributed by atoms with E-state index in [1.807, 2.05) is 0 Å². The van der Waals surface area contributed by atoms with E-state index in [-0.39, 0.29) is 5.56 Å². The molecule has 0 amide bonds. The zero-order valence-electron chi connectivity index (χ0n) is 8.71. The molecule has 0 bridgehead atoms. The van der Waals surface area contributed by atoms with Crippen molar-refractivity contribution in [2.45, 2.75) is 19.4 Å². The molecule has 1 aromatic carbocycles. The number of benzene rings is 1. The number of aliphatic hydroxyl groups is 1. The molecule has 3 nitrogen and oxygen atoms in total. The van der Waals surface area contributed by atoms with Crippen molar-refractivity contribution >= 4 is 0 Å². The van der Waals surface area contributed by atoms with E-state index in [1.54, 1.807) is 0 Å². The first-order valence-corrected chi connectivity index (χ1v) is 4.81. The minimum atomic E-state index is -1.28. The molecule has 1 heterocycles. The van der Waals surface area contributed by atoms with E-state index in [1.165, 1.54) is 26.0 Å². The average molecular weight is 212 g/mol. The molecule has 4 heteroatoms. The lowest BCUT2D eigenvalue weighted by Gasteiger charge is -2.26. The highest BCUT2D eigenvalue weighted by Crippen LogP contribution is 2.40. The van der Waals surface area contributed by atoms with Crippen molar-refractivity contribution in [2.75, 3.05) is 13.2 Å². The van der Waals surface area contributed by atoms with Gasteiger partial charge in [0.2, 0.25) is 0 Å². The highest BCUT2D eigenvalue weighted by molar-refractivity contribution is 5.50. The summed E-state index contributed by atoms with van der Waals surface area (Å²) in [5, 5.41) is 9.85. The van der Waals surface area contributed by atoms with Gasteiger partial charge in [-0.05, 0) is 26.0 Å². The summed E-state index contributed by atoms with van der Waals surface area (Å²) in [6.07, 6.45) is 0. The van der Waals surface area contributed by atoms with Crippen molar-refractivity contribution in [2.24, 2.45) is 0 Å². The predicted octanol–water partition coefficient (Wildman–Crippen LogP) is 1.82. The van der Waals surface area contributed by atoms with Crippen LogP contribution in [0.15, 0.2) is 12.1 Å². The van der Waals surface area contributed by atoms with Gasteiger partial charge < -0.3 is 14.6 Å². The Morgan fingerprint density at radius 3 is 2.60 bits per heavy atom. The zero-order valence-corrected chi connectivity index (χ0v) is 8.71. The standard InChI is InChI=1S/C11H13FO3/c1-11(2,13)9-7(12)3-4-8-10(9)15-6-5-14-8/h3-4,13H,5-6H2,1-2H3. The zero-order chi connectivity index (χ0) is 11.1. The smallest absolute Gasteiger partial charge is 0.170 e. The SMILES string of the molecule is CC(C)(O)c1c(F)ccc2c1OCCO2. The highest BCUT2D eigenvalue weighted by atomic mass is 19.1. The van der Waals surface area contributed by atoms with Crippen LogP contribution in [0.25, 0.3) is 0 Å². The summed E-state index contributed by atoms with van der Waals surface area (Å²) in [7, 11) is 0. The molecular formula is C11H13FO3. The summed E-state index contributed by atoms with van der Waals surface area (Å²) >= 11 is 0. The van der Waals surface area contributed by atoms with Crippen molar-refractivity contribution in [3.05, 3.63) is 23.5 Å². The monoisotopic (exact) mass is 212 g/mol. The number of halogens is 1. The van der Waals surface area contributed by atoms with E-state index in [0.717, 1.165) is 0 Å². The quantitative estimate of drug-likeness (QED) is 0.771. The maximum Gasteiger partial charge on any atom is 0.170 e. The summed E-state index contributed by atoms with van der Waals surface area (Å²) in [4.78, 5) is 0. The molecule has 0 aliphatic carbocycles. The second-order valence-electron chi connectivity index (χ2n) is 4.01. The fourth-order valence-electron chi connectivity index (χ4n) is 1.66. The molecule has 0 saturated carbocycles. The van der Waals surface area contributed by atoms with E-state index in [2.05, 4.69) is 0 Å². The van der Waals surface area contributed by atoms with Gasteiger partial charge >= 0.3 is 0 Å². The van der Waals surface area contributed by atoms with E-state index in [0.29, 0.717) is 24.7 Å². The number of ether oxygens (including phenoxy) is 2. The average Bonchev–Trinajstić information content (AvgIpc) is 2.15. The fourth-order valence-corrected chi connectivity index (χ4v) is 1.66. The summed E-state index contributed by atoms with van der Waals surface area (Å²) in [5.41, 5.74) is -1.13. The van der Waals surface area contributed by atoms with Gasteiger partial charge in [-0.25, -0.2) is 4.39 Å². The maximum absolute atomic E-state index is 13.6. The van der Waals surface area contributed by atoms with E-state index in [9.17, 15) is 9.50 Å². The first-order chi connectivity index (χ1) is 7.00. The molecule has 2 rings (SSSR count). The van der Waals surface area contributed by atoms with Crippen LogP contribution in [0.5, 0.6) is 11.5 Å². The molecule has 1 aliphatic rings. The van der Waals surface area contributed by atoms with Crippen molar-refractivity contribution in [3.8, 4) is 11.5 Å². The molecule has 0 saturated heterocycles. The Morgan fingerprint density at radius 1 is 1.27 bits per heavy atom. The molecule has 0 fully saturated rings. The number of hydrogen-bond donors (Lipinski definition) is 1. The fraction of sp³-hybridized carbons (Fsp3) is 0.455. The van der Waals surface area contributed by atoms with Crippen LogP contribution in [0.1, 0.15) is 19.4 Å². The molecule has 1 aliphatic heterocycles. The van der Waals surface area contributed by atoms with Crippen LogP contribution in [-0.2, 0) is 5.60 Å². The molecule has 82 valence electrons. The van der Waals surface area contributed by atoms with Crippen LogP contribution in [0.4, 0.5) is 4.39 Å². The van der Waals surface area contributed by atoms with Crippen molar-refractivity contribution in [1.82, 2.24) is 0 Å². The first-order valence-electron chi connectivity index (χ1n) is 4.81. The number of rotatable bonds is 1. The lowest BCUT2D eigenvalue weighted by atomic mass is 9.96. The molecule has 1 N–H and O–H groups in total. The Bertz CT molecular complexity index is 382. The van der Waals surface area contributed by atoms with Crippen LogP contribution < -0.4 is 9.47 Å². The number of fused-ring (bicyclic) bond motifs is 1. The first kappa shape index (κ1) is 10.2. The minimum Gasteiger partial charge on any atom is -0.486 e. The van der Waals surface area contributed by atoms with Crippen LogP contribution in [-0.4, -0.2) is 18.3 Å². The largest absolute Gasteiger partial charge is 0.486 e. The second kappa shape index (κ2) is 3.38. The lowest BCUT2D eigenvalue weighted by Crippen LogP contribution is -2.23. The topological polar surface area (TPSA) is 38.7 Å². The summed E-state index contributed by atoms with van der Waals surface area (Å²) in [6.45, 7) is 3.86. The van der Waals surface area contributed by atoms with Gasteiger partial charge in [0.05, 0.1) is 11.2 Å². The third-order valence-corrected chi connectivity index (χ3v) is 2.27. The molecule has 1 aromatic rings. The normalized spacial score (nSPS) is 15.2. The summed E-state index contributed by atoms with van der Waals surface area (Å²) < 4.78 is 24.2. The summed E-state index contributed by atoms with van der Waals surface area (Å²) in [6, 6.07) is 2.79. The van der Waals surface area contributed by atoms with Gasteiger partial charge in [-0.1, -0.05) is 0 Å². The van der Waals surface area contributed by atoms with Gasteiger partial charge in [-0.3, -0.25) is 0 Å². The third-order valence-electron chi connectivity index (χ3n) is 2.27. The van der Waals surface area contributed by atoms with Crippen molar-refractivity contribution in [1.29, 1.82) is 0 Å². The summed E-state index contributed by atoms with van der Waals surface area (Å²) in [5.74, 6) is 0.320. The van der Waals surface area contributed by atoms with E-state index < -0.39 is 11.4 Å². The number of hydrogen-bond acceptors (Lipinski definition) is 3. The maximum atomic E-state index is 13.6. The molecule has 15 heavy (non-hydrogen) atoms. The van der Waals surface area contributed by atoms with Gasteiger partial charge in [-0.15, -0.1) is 0 Å². The molecular weight excluding hydrogens is 199 g/mol. The van der Waals surface area contributed by atoms with Gasteiger partial charge in [0, 0.05) is 0 Å². The van der Waals surface area contributed by atoms with Gasteiger partial charge in [0.1, 0.15) is 19.0 Å².